The number of carbonyl (C=O) groups excluding carboxylic acids is 1. The first-order valence-corrected chi connectivity index (χ1v) is 9.63. The van der Waals surface area contributed by atoms with Crippen molar-refractivity contribution in [2.24, 2.45) is 0 Å². The first kappa shape index (κ1) is 19.2. The standard InChI is InChI=1S/C20H12ClF2N3O2S/c1-10-17(18(26-28-10)12-4-2-3-5-14(12)21)19(27)25-20-24-16(9-29-20)13-7-6-11(22)8-15(13)23/h2-9H,1H3,(H,24,25,27). The normalized spacial score (nSPS) is 10.9. The average molecular weight is 432 g/mol. The second kappa shape index (κ2) is 7.73. The van der Waals surface area contributed by atoms with Crippen LogP contribution in [0.2, 0.25) is 5.02 Å². The summed E-state index contributed by atoms with van der Waals surface area (Å²) in [7, 11) is 0. The molecule has 1 amide bonds. The number of anilines is 1. The lowest BCUT2D eigenvalue weighted by molar-refractivity contribution is 0.102. The molecule has 0 aliphatic rings. The molecule has 2 heterocycles. The zero-order valence-electron chi connectivity index (χ0n) is 14.9. The summed E-state index contributed by atoms with van der Waals surface area (Å²) in [5, 5.41) is 8.87. The molecule has 0 aliphatic carbocycles. The molecule has 2 aromatic carbocycles. The smallest absolute Gasteiger partial charge is 0.263 e. The predicted molar refractivity (Wildman–Crippen MR) is 107 cm³/mol. The van der Waals surface area contributed by atoms with Gasteiger partial charge in [0, 0.05) is 22.6 Å². The van der Waals surface area contributed by atoms with Crippen molar-refractivity contribution >= 4 is 34.0 Å². The van der Waals surface area contributed by atoms with Crippen LogP contribution >= 0.6 is 22.9 Å². The largest absolute Gasteiger partial charge is 0.360 e. The molecule has 5 nitrogen and oxygen atoms in total. The van der Waals surface area contributed by atoms with Gasteiger partial charge in [-0.2, -0.15) is 0 Å². The number of carbonyl (C=O) groups is 1. The highest BCUT2D eigenvalue weighted by Crippen LogP contribution is 2.32. The summed E-state index contributed by atoms with van der Waals surface area (Å²) < 4.78 is 32.3. The van der Waals surface area contributed by atoms with Gasteiger partial charge in [0.15, 0.2) is 5.13 Å². The molecule has 4 rings (SSSR count). The molecule has 2 aromatic heterocycles. The summed E-state index contributed by atoms with van der Waals surface area (Å²) >= 11 is 7.33. The maximum atomic E-state index is 14.0. The number of aryl methyl sites for hydroxylation is 1. The number of rotatable bonds is 4. The fourth-order valence-corrected chi connectivity index (χ4v) is 3.72. The summed E-state index contributed by atoms with van der Waals surface area (Å²) in [6.07, 6.45) is 0. The average Bonchev–Trinajstić information content (AvgIpc) is 3.29. The van der Waals surface area contributed by atoms with Gasteiger partial charge >= 0.3 is 0 Å². The molecule has 9 heteroatoms. The Morgan fingerprint density at radius 2 is 1.97 bits per heavy atom. The molecule has 0 fully saturated rings. The summed E-state index contributed by atoms with van der Waals surface area (Å²) in [6, 6.07) is 10.2. The second-order valence-corrected chi connectivity index (χ2v) is 7.32. The van der Waals surface area contributed by atoms with Crippen molar-refractivity contribution in [1.29, 1.82) is 0 Å². The van der Waals surface area contributed by atoms with E-state index >= 15 is 0 Å². The van der Waals surface area contributed by atoms with E-state index in [1.165, 1.54) is 6.07 Å². The van der Waals surface area contributed by atoms with Crippen molar-refractivity contribution in [2.45, 2.75) is 6.92 Å². The fourth-order valence-electron chi connectivity index (χ4n) is 2.79. The van der Waals surface area contributed by atoms with Crippen LogP contribution in [0.5, 0.6) is 0 Å². The van der Waals surface area contributed by atoms with E-state index in [2.05, 4.69) is 15.5 Å². The number of benzene rings is 2. The third-order valence-corrected chi connectivity index (χ3v) is 5.24. The van der Waals surface area contributed by atoms with Crippen LogP contribution in [0.3, 0.4) is 0 Å². The Hall–Kier alpha value is -3.10. The highest BCUT2D eigenvalue weighted by atomic mass is 35.5. The third kappa shape index (κ3) is 3.76. The Kier molecular flexibility index (Phi) is 5.12. The van der Waals surface area contributed by atoms with E-state index in [9.17, 15) is 13.6 Å². The molecular formula is C20H12ClF2N3O2S. The number of hydrogen-bond donors (Lipinski definition) is 1. The first-order valence-electron chi connectivity index (χ1n) is 8.37. The summed E-state index contributed by atoms with van der Waals surface area (Å²) in [5.41, 5.74) is 1.52. The van der Waals surface area contributed by atoms with E-state index in [1.54, 1.807) is 36.6 Å². The highest BCUT2D eigenvalue weighted by molar-refractivity contribution is 7.14. The Morgan fingerprint density at radius 3 is 2.72 bits per heavy atom. The van der Waals surface area contributed by atoms with E-state index < -0.39 is 17.5 Å². The van der Waals surface area contributed by atoms with Crippen LogP contribution in [-0.2, 0) is 0 Å². The molecule has 4 aromatic rings. The van der Waals surface area contributed by atoms with Gasteiger partial charge in [0.05, 0.1) is 10.7 Å². The Labute approximate surface area is 173 Å². The van der Waals surface area contributed by atoms with E-state index in [0.29, 0.717) is 22.0 Å². The van der Waals surface area contributed by atoms with Crippen LogP contribution in [0.4, 0.5) is 13.9 Å². The van der Waals surface area contributed by atoms with E-state index in [1.807, 2.05) is 0 Å². The fraction of sp³-hybridized carbons (Fsp3) is 0.0500. The number of hydrogen-bond acceptors (Lipinski definition) is 5. The van der Waals surface area contributed by atoms with Crippen molar-refractivity contribution in [3.63, 3.8) is 0 Å². The monoisotopic (exact) mass is 431 g/mol. The number of thiazole rings is 1. The van der Waals surface area contributed by atoms with Crippen LogP contribution in [0, 0.1) is 18.6 Å². The summed E-state index contributed by atoms with van der Waals surface area (Å²) in [4.78, 5) is 17.1. The van der Waals surface area contributed by atoms with Crippen molar-refractivity contribution in [3.8, 4) is 22.5 Å². The zero-order valence-corrected chi connectivity index (χ0v) is 16.4. The number of aromatic nitrogens is 2. The van der Waals surface area contributed by atoms with Crippen LogP contribution in [0.15, 0.2) is 52.4 Å². The predicted octanol–water partition coefficient (Wildman–Crippen LogP) is 5.96. The molecule has 146 valence electrons. The molecule has 0 saturated carbocycles. The lowest BCUT2D eigenvalue weighted by Crippen LogP contribution is -2.13. The lowest BCUT2D eigenvalue weighted by atomic mass is 10.1. The second-order valence-electron chi connectivity index (χ2n) is 6.06. The van der Waals surface area contributed by atoms with E-state index in [-0.39, 0.29) is 22.0 Å². The third-order valence-electron chi connectivity index (χ3n) is 4.15. The quantitative estimate of drug-likeness (QED) is 0.433. The summed E-state index contributed by atoms with van der Waals surface area (Å²) in [5.74, 6) is -1.58. The van der Waals surface area contributed by atoms with Crippen molar-refractivity contribution in [2.75, 3.05) is 5.32 Å². The highest BCUT2D eigenvalue weighted by Gasteiger charge is 2.24. The topological polar surface area (TPSA) is 68.0 Å². The van der Waals surface area contributed by atoms with Gasteiger partial charge in [-0.25, -0.2) is 13.8 Å². The Balaban J connectivity index is 1.63. The van der Waals surface area contributed by atoms with E-state index in [0.717, 1.165) is 23.5 Å². The van der Waals surface area contributed by atoms with Gasteiger partial charge in [-0.3, -0.25) is 10.1 Å². The molecule has 0 bridgehead atoms. The van der Waals surface area contributed by atoms with Crippen LogP contribution in [0.1, 0.15) is 16.1 Å². The van der Waals surface area contributed by atoms with Gasteiger partial charge < -0.3 is 4.52 Å². The number of halogens is 3. The number of amides is 1. The molecule has 0 radical (unpaired) electrons. The van der Waals surface area contributed by atoms with Gasteiger partial charge in [-0.1, -0.05) is 35.0 Å². The zero-order chi connectivity index (χ0) is 20.5. The molecule has 29 heavy (non-hydrogen) atoms. The van der Waals surface area contributed by atoms with E-state index in [4.69, 9.17) is 16.1 Å². The van der Waals surface area contributed by atoms with Crippen molar-refractivity contribution in [3.05, 3.63) is 75.8 Å². The Morgan fingerprint density at radius 1 is 1.17 bits per heavy atom. The molecule has 0 atom stereocenters. The minimum absolute atomic E-state index is 0.140. The summed E-state index contributed by atoms with van der Waals surface area (Å²) in [6.45, 7) is 1.61. The van der Waals surface area contributed by atoms with Crippen LogP contribution in [0.25, 0.3) is 22.5 Å². The van der Waals surface area contributed by atoms with Crippen molar-refractivity contribution in [1.82, 2.24) is 10.1 Å². The van der Waals surface area contributed by atoms with Gasteiger partial charge in [0.2, 0.25) is 0 Å². The minimum atomic E-state index is -0.732. The minimum Gasteiger partial charge on any atom is -0.360 e. The lowest BCUT2D eigenvalue weighted by Gasteiger charge is -2.04. The molecule has 0 unspecified atom stereocenters. The first-order chi connectivity index (χ1) is 13.9. The molecule has 0 aliphatic heterocycles. The van der Waals surface area contributed by atoms with Gasteiger partial charge in [0.25, 0.3) is 5.91 Å². The van der Waals surface area contributed by atoms with Gasteiger partial charge in [0.1, 0.15) is 28.7 Å². The molecule has 0 spiro atoms. The molecule has 0 saturated heterocycles. The van der Waals surface area contributed by atoms with Gasteiger partial charge in [-0.05, 0) is 25.1 Å². The Bertz CT molecular complexity index is 1220. The SMILES string of the molecule is Cc1onc(-c2ccccc2Cl)c1C(=O)Nc1nc(-c2ccc(F)cc2F)cs1. The maximum Gasteiger partial charge on any atom is 0.263 e. The van der Waals surface area contributed by atoms with Crippen LogP contribution < -0.4 is 5.32 Å². The van der Waals surface area contributed by atoms with Crippen LogP contribution in [-0.4, -0.2) is 16.0 Å². The van der Waals surface area contributed by atoms with Gasteiger partial charge in [-0.15, -0.1) is 11.3 Å². The number of nitrogens with one attached hydrogen (secondary N) is 1. The van der Waals surface area contributed by atoms with Crippen molar-refractivity contribution < 1.29 is 18.1 Å². The molecule has 1 N–H and O–H groups in total. The number of nitrogens with zero attached hydrogens (tertiary/aromatic N) is 2. The molecular weight excluding hydrogens is 420 g/mol. The maximum absolute atomic E-state index is 14.0.